The number of benzene rings is 2. The Morgan fingerprint density at radius 2 is 1.47 bits per heavy atom. The summed E-state index contributed by atoms with van der Waals surface area (Å²) in [7, 11) is 5.75. The molecule has 2 aromatic rings. The van der Waals surface area contributed by atoms with Crippen molar-refractivity contribution in [2.45, 2.75) is 12.8 Å². The zero-order chi connectivity index (χ0) is 13.6. The monoisotopic (exact) mass is 255 g/mol. The highest BCUT2D eigenvalue weighted by Crippen LogP contribution is 2.41. The lowest BCUT2D eigenvalue weighted by Gasteiger charge is -2.21. The molecule has 19 heavy (non-hydrogen) atoms. The summed E-state index contributed by atoms with van der Waals surface area (Å²) in [6, 6.07) is 8.46. The number of aryl methyl sites for hydroxylation is 2. The van der Waals surface area contributed by atoms with Crippen molar-refractivity contribution in [3.8, 4) is 0 Å². The highest BCUT2D eigenvalue weighted by molar-refractivity contribution is 6.07. The smallest absolute Gasteiger partial charge is 0.0722 e. The van der Waals surface area contributed by atoms with Gasteiger partial charge in [-0.25, -0.2) is 5.01 Å². The summed E-state index contributed by atoms with van der Waals surface area (Å²) in [6.07, 6.45) is 2.17. The van der Waals surface area contributed by atoms with Crippen LogP contribution in [0.2, 0.25) is 0 Å². The molecule has 0 bridgehead atoms. The molecule has 4 nitrogen and oxygen atoms in total. The van der Waals surface area contributed by atoms with Crippen molar-refractivity contribution in [1.82, 2.24) is 0 Å². The molecule has 98 valence electrons. The van der Waals surface area contributed by atoms with Crippen LogP contribution in [0, 0.1) is 4.91 Å². The van der Waals surface area contributed by atoms with Gasteiger partial charge >= 0.3 is 0 Å². The molecular formula is C15H17N3O. The van der Waals surface area contributed by atoms with Crippen LogP contribution in [-0.4, -0.2) is 21.1 Å². The first-order valence-electron chi connectivity index (χ1n) is 6.45. The van der Waals surface area contributed by atoms with E-state index >= 15 is 0 Å². The minimum absolute atomic E-state index is 0.876. The van der Waals surface area contributed by atoms with E-state index in [2.05, 4.69) is 28.4 Å². The van der Waals surface area contributed by atoms with Gasteiger partial charge in [0.2, 0.25) is 0 Å². The molecule has 1 aliphatic carbocycles. The molecule has 0 fully saturated rings. The molecule has 2 aromatic carbocycles. The van der Waals surface area contributed by atoms with Gasteiger partial charge < -0.3 is 4.90 Å². The largest absolute Gasteiger partial charge is 0.377 e. The second-order valence-electron chi connectivity index (χ2n) is 5.24. The van der Waals surface area contributed by atoms with Crippen molar-refractivity contribution in [3.63, 3.8) is 0 Å². The van der Waals surface area contributed by atoms with Crippen LogP contribution in [0.15, 0.2) is 29.6 Å². The van der Waals surface area contributed by atoms with E-state index in [0.717, 1.165) is 29.6 Å². The first-order chi connectivity index (χ1) is 9.13. The van der Waals surface area contributed by atoms with Crippen LogP contribution >= 0.6 is 0 Å². The summed E-state index contributed by atoms with van der Waals surface area (Å²) in [5, 5.41) is 6.91. The fourth-order valence-electron chi connectivity index (χ4n) is 2.98. The van der Waals surface area contributed by atoms with Crippen LogP contribution in [-0.2, 0) is 12.8 Å². The third kappa shape index (κ3) is 1.67. The van der Waals surface area contributed by atoms with E-state index in [4.69, 9.17) is 0 Å². The van der Waals surface area contributed by atoms with E-state index in [1.807, 2.05) is 20.2 Å². The van der Waals surface area contributed by atoms with E-state index in [-0.39, 0.29) is 0 Å². The van der Waals surface area contributed by atoms with Crippen LogP contribution in [0.5, 0.6) is 0 Å². The molecule has 0 aliphatic heterocycles. The first-order valence-corrected chi connectivity index (χ1v) is 6.45. The van der Waals surface area contributed by atoms with Crippen molar-refractivity contribution < 1.29 is 0 Å². The minimum Gasteiger partial charge on any atom is -0.377 e. The first kappa shape index (κ1) is 12.0. The number of hydrogen-bond acceptors (Lipinski definition) is 3. The summed E-state index contributed by atoms with van der Waals surface area (Å²) in [5.74, 6) is 0. The highest BCUT2D eigenvalue weighted by Gasteiger charge is 2.21. The van der Waals surface area contributed by atoms with Crippen LogP contribution in [0.4, 0.5) is 11.4 Å². The summed E-state index contributed by atoms with van der Waals surface area (Å²) in [5.41, 5.74) is 4.75. The van der Waals surface area contributed by atoms with Gasteiger partial charge in [-0.1, -0.05) is 12.1 Å². The fraction of sp³-hybridized carbons (Fsp3) is 0.333. The average Bonchev–Trinajstić information content (AvgIpc) is 2.83. The molecular weight excluding hydrogens is 238 g/mol. The lowest BCUT2D eigenvalue weighted by molar-refractivity contribution is 1.01. The van der Waals surface area contributed by atoms with Gasteiger partial charge in [0.25, 0.3) is 0 Å². The van der Waals surface area contributed by atoms with Gasteiger partial charge in [-0.3, -0.25) is 0 Å². The summed E-state index contributed by atoms with van der Waals surface area (Å²) in [6.45, 7) is 0. The SMILES string of the molecule is CN(C)c1ccc2c3c(ccc(N(C)N=O)c13)CC2. The average molecular weight is 255 g/mol. The van der Waals surface area contributed by atoms with Crippen molar-refractivity contribution in [2.24, 2.45) is 5.29 Å². The van der Waals surface area contributed by atoms with Gasteiger partial charge in [-0.15, -0.1) is 4.91 Å². The molecule has 0 aromatic heterocycles. The lowest BCUT2D eigenvalue weighted by Crippen LogP contribution is -2.12. The van der Waals surface area contributed by atoms with Crippen LogP contribution in [0.25, 0.3) is 10.8 Å². The minimum atomic E-state index is 0.876. The molecule has 0 amide bonds. The molecule has 1 aliphatic rings. The molecule has 0 atom stereocenters. The Kier molecular flexibility index (Phi) is 2.66. The Hall–Kier alpha value is -2.10. The van der Waals surface area contributed by atoms with Gasteiger partial charge in [-0.05, 0) is 41.5 Å². The Morgan fingerprint density at radius 1 is 0.895 bits per heavy atom. The van der Waals surface area contributed by atoms with Crippen molar-refractivity contribution in [3.05, 3.63) is 40.3 Å². The molecule has 0 N–H and O–H groups in total. The predicted molar refractivity (Wildman–Crippen MR) is 79.9 cm³/mol. The van der Waals surface area contributed by atoms with Gasteiger partial charge in [0, 0.05) is 32.2 Å². The molecule has 0 saturated carbocycles. The zero-order valence-electron chi connectivity index (χ0n) is 11.5. The predicted octanol–water partition coefficient (Wildman–Crippen LogP) is 3.12. The summed E-state index contributed by atoms with van der Waals surface area (Å²) >= 11 is 0. The van der Waals surface area contributed by atoms with Crippen LogP contribution in [0.1, 0.15) is 11.1 Å². The Labute approximate surface area is 112 Å². The summed E-state index contributed by atoms with van der Waals surface area (Å²) < 4.78 is 0. The molecule has 4 heteroatoms. The lowest BCUT2D eigenvalue weighted by atomic mass is 10.0. The fourth-order valence-corrected chi connectivity index (χ4v) is 2.98. The molecule has 0 heterocycles. The van der Waals surface area contributed by atoms with Crippen molar-refractivity contribution >= 4 is 22.1 Å². The van der Waals surface area contributed by atoms with Gasteiger partial charge in [-0.2, -0.15) is 0 Å². The maximum atomic E-state index is 10.9. The quantitative estimate of drug-likeness (QED) is 0.624. The summed E-state index contributed by atoms with van der Waals surface area (Å²) in [4.78, 5) is 13.0. The van der Waals surface area contributed by atoms with Gasteiger partial charge in [0.05, 0.1) is 11.0 Å². The molecule has 0 unspecified atom stereocenters. The van der Waals surface area contributed by atoms with Gasteiger partial charge in [0.15, 0.2) is 0 Å². The van der Waals surface area contributed by atoms with Crippen LogP contribution < -0.4 is 9.91 Å². The van der Waals surface area contributed by atoms with E-state index < -0.39 is 0 Å². The molecule has 0 radical (unpaired) electrons. The normalized spacial score (nSPS) is 12.8. The van der Waals surface area contributed by atoms with Crippen molar-refractivity contribution in [2.75, 3.05) is 31.1 Å². The van der Waals surface area contributed by atoms with E-state index in [1.165, 1.54) is 21.5 Å². The molecule has 0 spiro atoms. The van der Waals surface area contributed by atoms with E-state index in [0.29, 0.717) is 0 Å². The topological polar surface area (TPSA) is 35.9 Å². The number of hydrogen-bond donors (Lipinski definition) is 0. The third-order valence-corrected chi connectivity index (χ3v) is 3.91. The second-order valence-corrected chi connectivity index (χ2v) is 5.24. The standard InChI is InChI=1S/C15H17N3O/c1-17(2)12-8-6-10-4-5-11-7-9-13(18(3)16-19)15(12)14(10)11/h6-9H,4-5H2,1-3H3. The van der Waals surface area contributed by atoms with Gasteiger partial charge in [0.1, 0.15) is 0 Å². The van der Waals surface area contributed by atoms with E-state index in [1.54, 1.807) is 7.05 Å². The zero-order valence-corrected chi connectivity index (χ0v) is 11.5. The van der Waals surface area contributed by atoms with E-state index in [9.17, 15) is 4.91 Å². The highest BCUT2D eigenvalue weighted by atomic mass is 16.3. The Balaban J connectivity index is 2.43. The van der Waals surface area contributed by atoms with Crippen LogP contribution in [0.3, 0.4) is 0 Å². The number of nitrogens with zero attached hydrogens (tertiary/aromatic N) is 3. The third-order valence-electron chi connectivity index (χ3n) is 3.91. The maximum Gasteiger partial charge on any atom is 0.0722 e. The second kappa shape index (κ2) is 4.23. The van der Waals surface area contributed by atoms with Crippen molar-refractivity contribution in [1.29, 1.82) is 0 Å². The maximum absolute atomic E-state index is 10.9. The number of nitroso groups, excluding NO2 is 1. The number of rotatable bonds is 3. The Bertz CT molecular complexity index is 654. The Morgan fingerprint density at radius 3 is 2.00 bits per heavy atom. The molecule has 3 rings (SSSR count). The number of anilines is 2. The molecule has 0 saturated heterocycles.